The van der Waals surface area contributed by atoms with Gasteiger partial charge in [0.25, 0.3) is 5.95 Å². The van der Waals surface area contributed by atoms with Gasteiger partial charge in [0.15, 0.2) is 0 Å². The monoisotopic (exact) mass is 408 g/mol. The predicted molar refractivity (Wildman–Crippen MR) is 117 cm³/mol. The maximum atomic E-state index is 5.73. The number of hydrogen-bond acceptors (Lipinski definition) is 6. The van der Waals surface area contributed by atoms with Gasteiger partial charge in [0.2, 0.25) is 5.89 Å². The molecular formula is C23H32N6O. The van der Waals surface area contributed by atoms with Crippen molar-refractivity contribution in [2.24, 2.45) is 0 Å². The first kappa shape index (κ1) is 19.7. The highest BCUT2D eigenvalue weighted by molar-refractivity contribution is 5.83. The summed E-state index contributed by atoms with van der Waals surface area (Å²) in [5.74, 6) is 1.64. The number of benzene rings is 1. The number of para-hydroxylation sites is 1. The summed E-state index contributed by atoms with van der Waals surface area (Å²) < 4.78 is 7.57. The second-order valence-electron chi connectivity index (χ2n) is 9.75. The van der Waals surface area contributed by atoms with Crippen molar-refractivity contribution >= 4 is 10.9 Å². The number of aromatic nitrogens is 4. The lowest BCUT2D eigenvalue weighted by atomic mass is 9.90. The fourth-order valence-electron chi connectivity index (χ4n) is 4.93. The molecule has 160 valence electrons. The van der Waals surface area contributed by atoms with Gasteiger partial charge in [-0.25, -0.2) is 0 Å². The van der Waals surface area contributed by atoms with E-state index in [1.54, 1.807) is 0 Å². The first-order valence-electron chi connectivity index (χ1n) is 11.3. The van der Waals surface area contributed by atoms with Crippen LogP contribution in [0.4, 0.5) is 0 Å². The Morgan fingerprint density at radius 1 is 1.03 bits per heavy atom. The quantitative estimate of drug-likeness (QED) is 0.713. The van der Waals surface area contributed by atoms with Crippen molar-refractivity contribution in [2.45, 2.75) is 63.8 Å². The summed E-state index contributed by atoms with van der Waals surface area (Å²) in [4.78, 5) is 7.44. The van der Waals surface area contributed by atoms with Crippen LogP contribution in [0.1, 0.15) is 64.0 Å². The smallest absolute Gasteiger partial charge is 0.291 e. The Morgan fingerprint density at radius 2 is 1.77 bits per heavy atom. The largest absolute Gasteiger partial charge is 0.337 e. The Kier molecular flexibility index (Phi) is 5.11. The molecule has 3 aromatic rings. The van der Waals surface area contributed by atoms with Crippen LogP contribution >= 0.6 is 0 Å². The molecule has 2 aromatic heterocycles. The number of piperidine rings is 2. The maximum Gasteiger partial charge on any atom is 0.291 e. The average Bonchev–Trinajstić information content (AvgIpc) is 3.39. The molecule has 2 aliphatic rings. The number of nitrogens with zero attached hydrogens (tertiary/aromatic N) is 5. The minimum atomic E-state index is -0.0567. The maximum absolute atomic E-state index is 5.73. The Morgan fingerprint density at radius 3 is 2.50 bits per heavy atom. The number of hydrogen-bond donors (Lipinski definition) is 1. The van der Waals surface area contributed by atoms with Crippen LogP contribution in [0.2, 0.25) is 0 Å². The van der Waals surface area contributed by atoms with Gasteiger partial charge in [-0.3, -0.25) is 0 Å². The van der Waals surface area contributed by atoms with Crippen molar-refractivity contribution in [3.05, 3.63) is 35.9 Å². The molecule has 1 N–H and O–H groups in total. The molecule has 4 heterocycles. The summed E-state index contributed by atoms with van der Waals surface area (Å²) in [7, 11) is 0. The summed E-state index contributed by atoms with van der Waals surface area (Å²) in [6.45, 7) is 11.1. The van der Waals surface area contributed by atoms with Crippen molar-refractivity contribution in [3.63, 3.8) is 0 Å². The Balaban J connectivity index is 1.35. The van der Waals surface area contributed by atoms with E-state index in [2.05, 4.69) is 54.3 Å². The predicted octanol–water partition coefficient (Wildman–Crippen LogP) is 3.64. The second-order valence-corrected chi connectivity index (χ2v) is 9.75. The SMILES string of the molecule is CC(C)(C)c1nn(-c2noc(C3CCN(C4CCNCC4)CC3)n2)c2ccccc12. The Bertz CT molecular complexity index is 1000. The highest BCUT2D eigenvalue weighted by Gasteiger charge is 2.30. The molecule has 5 rings (SSSR count). The van der Waals surface area contributed by atoms with E-state index in [1.165, 1.54) is 12.8 Å². The lowest BCUT2D eigenvalue weighted by Crippen LogP contribution is -2.46. The summed E-state index contributed by atoms with van der Waals surface area (Å²) >= 11 is 0. The van der Waals surface area contributed by atoms with Gasteiger partial charge in [0.05, 0.1) is 11.2 Å². The van der Waals surface area contributed by atoms with Gasteiger partial charge in [-0.1, -0.05) is 39.0 Å². The van der Waals surface area contributed by atoms with Crippen LogP contribution in [0.3, 0.4) is 0 Å². The molecule has 7 heteroatoms. The molecule has 2 aliphatic heterocycles. The van der Waals surface area contributed by atoms with E-state index in [-0.39, 0.29) is 5.41 Å². The fourth-order valence-corrected chi connectivity index (χ4v) is 4.93. The topological polar surface area (TPSA) is 72.0 Å². The summed E-state index contributed by atoms with van der Waals surface area (Å²) in [5.41, 5.74) is 2.02. The average molecular weight is 409 g/mol. The van der Waals surface area contributed by atoms with Crippen LogP contribution in [0.25, 0.3) is 16.9 Å². The van der Waals surface area contributed by atoms with Gasteiger partial charge in [0, 0.05) is 22.8 Å². The first-order chi connectivity index (χ1) is 14.5. The van der Waals surface area contributed by atoms with Crippen molar-refractivity contribution in [1.82, 2.24) is 30.1 Å². The molecule has 0 saturated carbocycles. The van der Waals surface area contributed by atoms with Crippen LogP contribution in [-0.4, -0.2) is 57.0 Å². The van der Waals surface area contributed by atoms with Crippen molar-refractivity contribution < 1.29 is 4.52 Å². The lowest BCUT2D eigenvalue weighted by Gasteiger charge is -2.38. The number of nitrogens with one attached hydrogen (secondary N) is 1. The molecule has 2 fully saturated rings. The van der Waals surface area contributed by atoms with Gasteiger partial charge in [-0.05, 0) is 63.1 Å². The van der Waals surface area contributed by atoms with Gasteiger partial charge in [-0.2, -0.15) is 14.8 Å². The van der Waals surface area contributed by atoms with Crippen molar-refractivity contribution in [3.8, 4) is 5.95 Å². The van der Waals surface area contributed by atoms with Crippen LogP contribution in [0, 0.1) is 0 Å². The minimum Gasteiger partial charge on any atom is -0.337 e. The third kappa shape index (κ3) is 3.65. The van der Waals surface area contributed by atoms with E-state index >= 15 is 0 Å². The van der Waals surface area contributed by atoms with E-state index in [4.69, 9.17) is 14.6 Å². The van der Waals surface area contributed by atoms with Gasteiger partial charge in [0.1, 0.15) is 0 Å². The van der Waals surface area contributed by atoms with Crippen LogP contribution in [0.5, 0.6) is 0 Å². The number of likely N-dealkylation sites (tertiary alicyclic amines) is 1. The molecule has 0 amide bonds. The molecule has 0 atom stereocenters. The highest BCUT2D eigenvalue weighted by atomic mass is 16.5. The van der Waals surface area contributed by atoms with E-state index in [0.717, 1.165) is 67.6 Å². The van der Waals surface area contributed by atoms with Gasteiger partial charge < -0.3 is 14.7 Å². The minimum absolute atomic E-state index is 0.0567. The molecule has 0 unspecified atom stereocenters. The Hall–Kier alpha value is -2.25. The standard InChI is InChI=1S/C23H32N6O/c1-23(2,3)20-18-6-4-5-7-19(18)29(26-20)22-25-21(30-27-22)16-10-14-28(15-11-16)17-8-12-24-13-9-17/h4-7,16-17,24H,8-15H2,1-3H3. The highest BCUT2D eigenvalue weighted by Crippen LogP contribution is 2.32. The van der Waals surface area contributed by atoms with E-state index < -0.39 is 0 Å². The zero-order valence-electron chi connectivity index (χ0n) is 18.3. The second kappa shape index (κ2) is 7.78. The molecule has 0 bridgehead atoms. The summed E-state index contributed by atoms with van der Waals surface area (Å²) in [6, 6.07) is 9.02. The fraction of sp³-hybridized carbons (Fsp3) is 0.609. The lowest BCUT2D eigenvalue weighted by molar-refractivity contribution is 0.120. The molecule has 1 aromatic carbocycles. The van der Waals surface area contributed by atoms with Crippen molar-refractivity contribution in [1.29, 1.82) is 0 Å². The van der Waals surface area contributed by atoms with Crippen LogP contribution in [-0.2, 0) is 5.41 Å². The summed E-state index contributed by atoms with van der Waals surface area (Å²) in [5, 5.41) is 13.8. The Labute approximate surface area is 177 Å². The zero-order valence-corrected chi connectivity index (χ0v) is 18.3. The van der Waals surface area contributed by atoms with Gasteiger partial charge in [-0.15, -0.1) is 0 Å². The number of rotatable bonds is 3. The van der Waals surface area contributed by atoms with E-state index in [1.807, 2.05) is 10.7 Å². The van der Waals surface area contributed by atoms with Crippen molar-refractivity contribution in [2.75, 3.05) is 26.2 Å². The number of fused-ring (bicyclic) bond motifs is 1. The van der Waals surface area contributed by atoms with Crippen LogP contribution in [0.15, 0.2) is 28.8 Å². The molecule has 0 spiro atoms. The summed E-state index contributed by atoms with van der Waals surface area (Å²) in [6.07, 6.45) is 4.69. The van der Waals surface area contributed by atoms with Gasteiger partial charge >= 0.3 is 0 Å². The third-order valence-corrected chi connectivity index (χ3v) is 6.62. The first-order valence-corrected chi connectivity index (χ1v) is 11.3. The molecule has 7 nitrogen and oxygen atoms in total. The van der Waals surface area contributed by atoms with E-state index in [9.17, 15) is 0 Å². The zero-order chi connectivity index (χ0) is 20.7. The molecule has 2 saturated heterocycles. The molecule has 0 aliphatic carbocycles. The van der Waals surface area contributed by atoms with Crippen LogP contribution < -0.4 is 5.32 Å². The normalized spacial score (nSPS) is 20.2. The third-order valence-electron chi connectivity index (χ3n) is 6.62. The molecule has 30 heavy (non-hydrogen) atoms. The van der Waals surface area contributed by atoms with E-state index in [0.29, 0.717) is 11.9 Å². The molecular weight excluding hydrogens is 376 g/mol. The molecule has 0 radical (unpaired) electrons.